The highest BCUT2D eigenvalue weighted by atomic mass is 19.3. The van der Waals surface area contributed by atoms with Crippen molar-refractivity contribution in [2.75, 3.05) is 5.32 Å². The van der Waals surface area contributed by atoms with Crippen LogP contribution in [0, 0.1) is 0 Å². The Morgan fingerprint density at radius 3 is 3.05 bits per heavy atom. The summed E-state index contributed by atoms with van der Waals surface area (Å²) in [5.41, 5.74) is 2.66. The van der Waals surface area contributed by atoms with Crippen LogP contribution in [-0.4, -0.2) is 9.97 Å². The van der Waals surface area contributed by atoms with Crippen LogP contribution >= 0.6 is 0 Å². The number of alkyl halides is 2. The Morgan fingerprint density at radius 1 is 1.30 bits per heavy atom. The van der Waals surface area contributed by atoms with Crippen LogP contribution in [0.25, 0.3) is 0 Å². The Bertz CT molecular complexity index is 619. The summed E-state index contributed by atoms with van der Waals surface area (Å²) in [6.07, 6.45) is -0.726. The molecule has 0 fully saturated rings. The molecule has 20 heavy (non-hydrogen) atoms. The minimum atomic E-state index is -2.46. The van der Waals surface area contributed by atoms with Crippen LogP contribution in [0.3, 0.4) is 0 Å². The molecule has 0 saturated carbocycles. The summed E-state index contributed by atoms with van der Waals surface area (Å²) in [4.78, 5) is 8.50. The first-order chi connectivity index (χ1) is 9.72. The number of aromatic nitrogens is 2. The monoisotopic (exact) mass is 277 g/mol. The highest BCUT2D eigenvalue weighted by Gasteiger charge is 2.14. The third kappa shape index (κ3) is 2.75. The summed E-state index contributed by atoms with van der Waals surface area (Å²) in [5.74, 6) is 0.483. The largest absolute Gasteiger partial charge is 0.370 e. The number of hydrogen-bond acceptors (Lipinski definition) is 4. The summed E-state index contributed by atoms with van der Waals surface area (Å²) in [5, 5.41) is 3.03. The van der Waals surface area contributed by atoms with Crippen LogP contribution in [-0.2, 0) is 24.5 Å². The van der Waals surface area contributed by atoms with Gasteiger partial charge in [0.15, 0.2) is 0 Å². The molecule has 1 aliphatic rings. The Kier molecular flexibility index (Phi) is 3.56. The van der Waals surface area contributed by atoms with E-state index in [2.05, 4.69) is 15.3 Å². The van der Waals surface area contributed by atoms with Crippen molar-refractivity contribution in [2.24, 2.45) is 0 Å². The molecule has 2 aromatic rings. The SMILES string of the molecule is FC(F)c1cccc(CNc2ncc3c(n2)COC3)c1. The van der Waals surface area contributed by atoms with E-state index in [0.29, 0.717) is 25.7 Å². The zero-order chi connectivity index (χ0) is 13.9. The van der Waals surface area contributed by atoms with Crippen molar-refractivity contribution < 1.29 is 13.5 Å². The van der Waals surface area contributed by atoms with Crippen LogP contribution in [0.2, 0.25) is 0 Å². The minimum Gasteiger partial charge on any atom is -0.370 e. The van der Waals surface area contributed by atoms with E-state index in [1.807, 2.05) is 0 Å². The average Bonchev–Trinajstić information content (AvgIpc) is 2.93. The van der Waals surface area contributed by atoms with Gasteiger partial charge < -0.3 is 10.1 Å². The van der Waals surface area contributed by atoms with Gasteiger partial charge in [-0.3, -0.25) is 0 Å². The lowest BCUT2D eigenvalue weighted by molar-refractivity contribution is 0.133. The highest BCUT2D eigenvalue weighted by molar-refractivity contribution is 5.33. The van der Waals surface area contributed by atoms with E-state index >= 15 is 0 Å². The molecule has 3 rings (SSSR count). The van der Waals surface area contributed by atoms with Crippen LogP contribution in [0.1, 0.15) is 28.8 Å². The molecule has 2 heterocycles. The van der Waals surface area contributed by atoms with Gasteiger partial charge in [0.1, 0.15) is 0 Å². The lowest BCUT2D eigenvalue weighted by Crippen LogP contribution is -2.05. The number of nitrogens with one attached hydrogen (secondary N) is 1. The van der Waals surface area contributed by atoms with Crippen molar-refractivity contribution in [3.63, 3.8) is 0 Å². The number of hydrogen-bond donors (Lipinski definition) is 1. The summed E-state index contributed by atoms with van der Waals surface area (Å²) < 4.78 is 30.5. The summed E-state index contributed by atoms with van der Waals surface area (Å²) in [7, 11) is 0. The van der Waals surface area contributed by atoms with E-state index in [9.17, 15) is 8.78 Å². The number of anilines is 1. The van der Waals surface area contributed by atoms with Gasteiger partial charge in [0, 0.05) is 23.9 Å². The zero-order valence-electron chi connectivity index (χ0n) is 10.6. The number of halogens is 2. The van der Waals surface area contributed by atoms with Crippen molar-refractivity contribution >= 4 is 5.95 Å². The van der Waals surface area contributed by atoms with E-state index < -0.39 is 6.43 Å². The molecule has 4 nitrogen and oxygen atoms in total. The van der Waals surface area contributed by atoms with E-state index in [4.69, 9.17) is 4.74 Å². The number of nitrogens with zero attached hydrogens (tertiary/aromatic N) is 2. The predicted octanol–water partition coefficient (Wildman–Crippen LogP) is 3.06. The van der Waals surface area contributed by atoms with Gasteiger partial charge in [0.05, 0.1) is 18.9 Å². The average molecular weight is 277 g/mol. The number of rotatable bonds is 4. The molecule has 0 atom stereocenters. The lowest BCUT2D eigenvalue weighted by Gasteiger charge is -2.07. The first-order valence-electron chi connectivity index (χ1n) is 6.26. The van der Waals surface area contributed by atoms with E-state index in [1.165, 1.54) is 12.1 Å². The second kappa shape index (κ2) is 5.50. The van der Waals surface area contributed by atoms with E-state index in [-0.39, 0.29) is 5.56 Å². The van der Waals surface area contributed by atoms with Crippen LogP contribution in [0.15, 0.2) is 30.5 Å². The molecule has 1 aromatic carbocycles. The van der Waals surface area contributed by atoms with Gasteiger partial charge in [-0.1, -0.05) is 18.2 Å². The third-order valence-electron chi connectivity index (χ3n) is 3.10. The van der Waals surface area contributed by atoms with Crippen LogP contribution in [0.4, 0.5) is 14.7 Å². The Hall–Kier alpha value is -2.08. The van der Waals surface area contributed by atoms with Crippen molar-refractivity contribution in [2.45, 2.75) is 26.2 Å². The molecular formula is C14H13F2N3O. The molecular weight excluding hydrogens is 264 g/mol. The smallest absolute Gasteiger partial charge is 0.263 e. The van der Waals surface area contributed by atoms with Crippen LogP contribution in [0.5, 0.6) is 0 Å². The van der Waals surface area contributed by atoms with E-state index in [0.717, 1.165) is 16.8 Å². The topological polar surface area (TPSA) is 47.0 Å². The van der Waals surface area contributed by atoms with Gasteiger partial charge in [-0.15, -0.1) is 0 Å². The molecule has 1 aromatic heterocycles. The zero-order valence-corrected chi connectivity index (χ0v) is 10.6. The first-order valence-corrected chi connectivity index (χ1v) is 6.26. The van der Waals surface area contributed by atoms with Crippen molar-refractivity contribution in [3.05, 3.63) is 52.8 Å². The molecule has 0 amide bonds. The van der Waals surface area contributed by atoms with Gasteiger partial charge in [-0.2, -0.15) is 0 Å². The number of fused-ring (bicyclic) bond motifs is 1. The summed E-state index contributed by atoms with van der Waals surface area (Å²) in [6.45, 7) is 1.44. The molecule has 6 heteroatoms. The van der Waals surface area contributed by atoms with Gasteiger partial charge in [-0.05, 0) is 11.6 Å². The Morgan fingerprint density at radius 2 is 2.20 bits per heavy atom. The maximum Gasteiger partial charge on any atom is 0.263 e. The van der Waals surface area contributed by atoms with E-state index in [1.54, 1.807) is 18.3 Å². The highest BCUT2D eigenvalue weighted by Crippen LogP contribution is 2.20. The molecule has 0 radical (unpaired) electrons. The molecule has 0 bridgehead atoms. The number of ether oxygens (including phenoxy) is 1. The minimum absolute atomic E-state index is 0.0209. The third-order valence-corrected chi connectivity index (χ3v) is 3.10. The normalized spacial score (nSPS) is 13.6. The fraction of sp³-hybridized carbons (Fsp3) is 0.286. The predicted molar refractivity (Wildman–Crippen MR) is 69.3 cm³/mol. The van der Waals surface area contributed by atoms with Gasteiger partial charge in [0.25, 0.3) is 6.43 Å². The molecule has 0 aliphatic carbocycles. The van der Waals surface area contributed by atoms with Crippen molar-refractivity contribution in [3.8, 4) is 0 Å². The molecule has 104 valence electrons. The van der Waals surface area contributed by atoms with Crippen molar-refractivity contribution in [1.29, 1.82) is 0 Å². The molecule has 1 N–H and O–H groups in total. The fourth-order valence-electron chi connectivity index (χ4n) is 2.05. The van der Waals surface area contributed by atoms with Gasteiger partial charge >= 0.3 is 0 Å². The van der Waals surface area contributed by atoms with Gasteiger partial charge in [0.2, 0.25) is 5.95 Å². The second-order valence-corrected chi connectivity index (χ2v) is 4.56. The quantitative estimate of drug-likeness (QED) is 0.933. The lowest BCUT2D eigenvalue weighted by atomic mass is 10.1. The fourth-order valence-corrected chi connectivity index (χ4v) is 2.05. The molecule has 1 aliphatic heterocycles. The summed E-state index contributed by atoms with van der Waals surface area (Å²) in [6, 6.07) is 6.30. The summed E-state index contributed by atoms with van der Waals surface area (Å²) >= 11 is 0. The van der Waals surface area contributed by atoms with Crippen molar-refractivity contribution in [1.82, 2.24) is 9.97 Å². The first kappa shape index (κ1) is 12.9. The Balaban J connectivity index is 1.69. The second-order valence-electron chi connectivity index (χ2n) is 4.56. The molecule has 0 unspecified atom stereocenters. The maximum atomic E-state index is 12.6. The Labute approximate surface area is 114 Å². The number of benzene rings is 1. The standard InChI is InChI=1S/C14H13F2N3O/c15-13(16)10-3-1-2-9(4-10)5-17-14-18-6-11-7-20-8-12(11)19-14/h1-4,6,13H,5,7-8H2,(H,17,18,19). The van der Waals surface area contributed by atoms with Gasteiger partial charge in [-0.25, -0.2) is 18.7 Å². The maximum absolute atomic E-state index is 12.6. The molecule has 0 spiro atoms. The molecule has 0 saturated heterocycles. The van der Waals surface area contributed by atoms with Crippen LogP contribution < -0.4 is 5.32 Å².